The largest absolute Gasteiger partial charge is 0.325 e. The van der Waals surface area contributed by atoms with E-state index in [-0.39, 0.29) is 0 Å². The molecule has 0 atom stereocenters. The number of aromatic nitrogens is 2. The molecule has 0 aliphatic rings. The van der Waals surface area contributed by atoms with E-state index in [9.17, 15) is 0 Å². The molecule has 0 fully saturated rings. The Hall–Kier alpha value is -0.870. The van der Waals surface area contributed by atoms with E-state index in [1.807, 2.05) is 18.2 Å². The minimum atomic E-state index is 0.486. The summed E-state index contributed by atoms with van der Waals surface area (Å²) in [6, 6.07) is 6.05. The number of imidazole rings is 1. The molecular weight excluding hydrogens is 242 g/mol. The smallest absolute Gasteiger partial charge is 0.114 e. The summed E-state index contributed by atoms with van der Waals surface area (Å²) in [7, 11) is 0. The van der Waals surface area contributed by atoms with Gasteiger partial charge < -0.3 is 5.73 Å². The monoisotopic (exact) mass is 253 g/mol. The summed E-state index contributed by atoms with van der Waals surface area (Å²) in [6.45, 7) is 2.58. The number of aryl methyl sites for hydroxylation is 1. The highest BCUT2D eigenvalue weighted by atomic mass is 79.9. The fraction of sp³-hybridized carbons (Fsp3) is 0.300. The molecule has 0 aliphatic carbocycles. The zero-order valence-corrected chi connectivity index (χ0v) is 9.58. The van der Waals surface area contributed by atoms with Gasteiger partial charge in [0, 0.05) is 13.0 Å². The van der Waals surface area contributed by atoms with Crippen molar-refractivity contribution in [3.8, 4) is 0 Å². The molecule has 0 radical (unpaired) electrons. The van der Waals surface area contributed by atoms with Gasteiger partial charge in [-0.15, -0.1) is 0 Å². The second kappa shape index (κ2) is 3.71. The molecule has 0 saturated heterocycles. The van der Waals surface area contributed by atoms with Gasteiger partial charge in [-0.1, -0.05) is 13.0 Å². The molecule has 0 aliphatic heterocycles. The molecule has 0 bridgehead atoms. The van der Waals surface area contributed by atoms with E-state index in [0.717, 1.165) is 28.1 Å². The van der Waals surface area contributed by atoms with E-state index in [2.05, 4.69) is 32.2 Å². The average Bonchev–Trinajstić information content (AvgIpc) is 2.57. The first-order chi connectivity index (χ1) is 6.77. The zero-order valence-electron chi connectivity index (χ0n) is 8.00. The minimum absolute atomic E-state index is 0.486. The first kappa shape index (κ1) is 9.68. The number of nitrogens with zero attached hydrogens (tertiary/aromatic N) is 2. The number of hydrogen-bond donors (Lipinski definition) is 1. The van der Waals surface area contributed by atoms with Crippen molar-refractivity contribution < 1.29 is 0 Å². The Bertz CT molecular complexity index is 462. The van der Waals surface area contributed by atoms with Gasteiger partial charge in [0.25, 0.3) is 0 Å². The van der Waals surface area contributed by atoms with Gasteiger partial charge in [0.2, 0.25) is 0 Å². The van der Waals surface area contributed by atoms with Gasteiger partial charge in [0.15, 0.2) is 0 Å². The van der Waals surface area contributed by atoms with Gasteiger partial charge in [0.05, 0.1) is 15.8 Å². The Labute approximate surface area is 91.1 Å². The maximum Gasteiger partial charge on any atom is 0.114 e. The van der Waals surface area contributed by atoms with Crippen LogP contribution in [0.4, 0.5) is 0 Å². The third-order valence-corrected chi connectivity index (χ3v) is 2.89. The van der Waals surface area contributed by atoms with E-state index in [1.165, 1.54) is 0 Å². The van der Waals surface area contributed by atoms with Gasteiger partial charge in [0.1, 0.15) is 5.82 Å². The molecule has 2 rings (SSSR count). The lowest BCUT2D eigenvalue weighted by Gasteiger charge is -2.00. The standard InChI is InChI=1S/C10H12BrN3/c1-2-10-13-7(6-12)8-4-3-5-9(11)14(8)10/h3-5H,2,6,12H2,1H3. The van der Waals surface area contributed by atoms with Gasteiger partial charge in [-0.3, -0.25) is 4.40 Å². The van der Waals surface area contributed by atoms with Gasteiger partial charge in [-0.2, -0.15) is 0 Å². The summed E-state index contributed by atoms with van der Waals surface area (Å²) in [5.41, 5.74) is 7.70. The van der Waals surface area contributed by atoms with Crippen molar-refractivity contribution in [1.82, 2.24) is 9.38 Å². The lowest BCUT2D eigenvalue weighted by molar-refractivity contribution is 0.906. The molecule has 14 heavy (non-hydrogen) atoms. The maximum absolute atomic E-state index is 5.64. The third-order valence-electron chi connectivity index (χ3n) is 2.27. The van der Waals surface area contributed by atoms with E-state index >= 15 is 0 Å². The van der Waals surface area contributed by atoms with Gasteiger partial charge in [-0.05, 0) is 28.1 Å². The van der Waals surface area contributed by atoms with E-state index in [0.29, 0.717) is 6.54 Å². The zero-order chi connectivity index (χ0) is 10.1. The van der Waals surface area contributed by atoms with Crippen LogP contribution >= 0.6 is 15.9 Å². The lowest BCUT2D eigenvalue weighted by atomic mass is 10.3. The molecule has 4 heteroatoms. The highest BCUT2D eigenvalue weighted by molar-refractivity contribution is 9.10. The number of hydrogen-bond acceptors (Lipinski definition) is 2. The number of rotatable bonds is 2. The molecule has 3 nitrogen and oxygen atoms in total. The SMILES string of the molecule is CCc1nc(CN)c2cccc(Br)n12. The minimum Gasteiger partial charge on any atom is -0.325 e. The first-order valence-electron chi connectivity index (χ1n) is 4.62. The van der Waals surface area contributed by atoms with Crippen LogP contribution in [0.2, 0.25) is 0 Å². The van der Waals surface area contributed by atoms with Crippen LogP contribution in [0.1, 0.15) is 18.4 Å². The van der Waals surface area contributed by atoms with Crippen LogP contribution in [0, 0.1) is 0 Å². The summed E-state index contributed by atoms with van der Waals surface area (Å²) >= 11 is 3.51. The van der Waals surface area contributed by atoms with Crippen LogP contribution in [0.5, 0.6) is 0 Å². The highest BCUT2D eigenvalue weighted by Crippen LogP contribution is 2.19. The third kappa shape index (κ3) is 1.35. The maximum atomic E-state index is 5.64. The van der Waals surface area contributed by atoms with Crippen molar-refractivity contribution in [2.45, 2.75) is 19.9 Å². The molecule has 0 saturated carbocycles. The second-order valence-corrected chi connectivity index (χ2v) is 3.91. The van der Waals surface area contributed by atoms with Crippen molar-refractivity contribution in [1.29, 1.82) is 0 Å². The lowest BCUT2D eigenvalue weighted by Crippen LogP contribution is -1.97. The van der Waals surface area contributed by atoms with Crippen LogP contribution in [-0.4, -0.2) is 9.38 Å². The summed E-state index contributed by atoms with van der Waals surface area (Å²) in [6.07, 6.45) is 0.907. The van der Waals surface area contributed by atoms with Crippen LogP contribution in [0.25, 0.3) is 5.52 Å². The molecule has 2 N–H and O–H groups in total. The van der Waals surface area contributed by atoms with Crippen molar-refractivity contribution in [2.75, 3.05) is 0 Å². The second-order valence-electron chi connectivity index (χ2n) is 3.10. The number of fused-ring (bicyclic) bond motifs is 1. The average molecular weight is 254 g/mol. The molecule has 0 aromatic carbocycles. The Morgan fingerprint density at radius 1 is 1.50 bits per heavy atom. The predicted molar refractivity (Wildman–Crippen MR) is 60.2 cm³/mol. The predicted octanol–water partition coefficient (Wildman–Crippen LogP) is 2.12. The summed E-state index contributed by atoms with van der Waals surface area (Å²) in [5.74, 6) is 1.05. The molecular formula is C10H12BrN3. The van der Waals surface area contributed by atoms with Crippen molar-refractivity contribution >= 4 is 21.4 Å². The molecule has 0 amide bonds. The first-order valence-corrected chi connectivity index (χ1v) is 5.42. The highest BCUT2D eigenvalue weighted by Gasteiger charge is 2.09. The van der Waals surface area contributed by atoms with Crippen LogP contribution < -0.4 is 5.73 Å². The number of halogens is 1. The summed E-state index contributed by atoms with van der Waals surface area (Å²) < 4.78 is 3.13. The van der Waals surface area contributed by atoms with E-state index in [1.54, 1.807) is 0 Å². The van der Waals surface area contributed by atoms with E-state index < -0.39 is 0 Å². The fourth-order valence-corrected chi connectivity index (χ4v) is 2.17. The summed E-state index contributed by atoms with van der Waals surface area (Å²) in [5, 5.41) is 0. The van der Waals surface area contributed by atoms with Gasteiger partial charge >= 0.3 is 0 Å². The van der Waals surface area contributed by atoms with Crippen LogP contribution in [0.15, 0.2) is 22.8 Å². The fourth-order valence-electron chi connectivity index (χ4n) is 1.62. The number of nitrogens with two attached hydrogens (primary N) is 1. The van der Waals surface area contributed by atoms with Crippen molar-refractivity contribution in [2.24, 2.45) is 5.73 Å². The van der Waals surface area contributed by atoms with Crippen molar-refractivity contribution in [3.05, 3.63) is 34.3 Å². The Morgan fingerprint density at radius 3 is 2.93 bits per heavy atom. The molecule has 74 valence electrons. The topological polar surface area (TPSA) is 43.3 Å². The molecule has 2 aromatic rings. The molecule has 0 unspecified atom stereocenters. The summed E-state index contributed by atoms with van der Waals surface area (Å²) in [4.78, 5) is 4.50. The van der Waals surface area contributed by atoms with Gasteiger partial charge in [-0.25, -0.2) is 4.98 Å². The van der Waals surface area contributed by atoms with Crippen LogP contribution in [-0.2, 0) is 13.0 Å². The molecule has 2 aromatic heterocycles. The van der Waals surface area contributed by atoms with Crippen molar-refractivity contribution in [3.63, 3.8) is 0 Å². The quantitative estimate of drug-likeness (QED) is 0.834. The Kier molecular flexibility index (Phi) is 2.56. The van der Waals surface area contributed by atoms with E-state index in [4.69, 9.17) is 5.73 Å². The molecule has 0 spiro atoms. The molecule has 2 heterocycles. The Morgan fingerprint density at radius 2 is 2.29 bits per heavy atom. The number of pyridine rings is 1. The normalized spacial score (nSPS) is 11.1. The Balaban J connectivity index is 2.82. The van der Waals surface area contributed by atoms with Crippen LogP contribution in [0.3, 0.4) is 0 Å².